The topological polar surface area (TPSA) is 107 Å². The molecule has 1 heterocycles. The largest absolute Gasteiger partial charge is 0.448 e. The van der Waals surface area contributed by atoms with Crippen LogP contribution in [-0.4, -0.2) is 33.5 Å². The molecule has 1 amide bonds. The lowest BCUT2D eigenvalue weighted by atomic mass is 10.1. The van der Waals surface area contributed by atoms with E-state index in [0.29, 0.717) is 22.0 Å². The Bertz CT molecular complexity index is 1200. The van der Waals surface area contributed by atoms with E-state index < -0.39 is 18.0 Å². The number of aromatic nitrogens is 2. The molecule has 0 aliphatic carbocycles. The number of aryl methyl sites for hydroxylation is 1. The van der Waals surface area contributed by atoms with Gasteiger partial charge in [-0.15, -0.1) is 0 Å². The maximum atomic E-state index is 12.7. The first-order valence-corrected chi connectivity index (χ1v) is 9.44. The van der Waals surface area contributed by atoms with E-state index in [0.717, 1.165) is 0 Å². The minimum Gasteiger partial charge on any atom is -0.448 e. The fraction of sp³-hybridized carbons (Fsp3) is 0.227. The van der Waals surface area contributed by atoms with Gasteiger partial charge in [0.05, 0.1) is 5.39 Å². The number of rotatable bonds is 6. The van der Waals surface area contributed by atoms with Gasteiger partial charge in [0.15, 0.2) is 17.6 Å². The van der Waals surface area contributed by atoms with Crippen LogP contribution in [0.5, 0.6) is 0 Å². The van der Waals surface area contributed by atoms with Gasteiger partial charge < -0.3 is 10.1 Å². The van der Waals surface area contributed by atoms with Crippen LogP contribution in [0.2, 0.25) is 0 Å². The maximum Gasteiger partial charge on any atom is 0.360 e. The lowest BCUT2D eigenvalue weighted by molar-refractivity contribution is -0.123. The van der Waals surface area contributed by atoms with Gasteiger partial charge in [-0.1, -0.05) is 30.3 Å². The third-order valence-electron chi connectivity index (χ3n) is 4.55. The van der Waals surface area contributed by atoms with E-state index in [1.807, 2.05) is 0 Å². The summed E-state index contributed by atoms with van der Waals surface area (Å²) in [6, 6.07) is 13.1. The summed E-state index contributed by atoms with van der Waals surface area (Å²) in [5.41, 5.74) is 0.528. The number of nitrogens with one attached hydrogen (secondary N) is 1. The number of hydrogen-bond acceptors (Lipinski definition) is 6. The standard InChI is InChI=1S/C22H21N3O5/c1-4-25-21(28)18-11-6-5-10-17(18)19(24-25)22(29)30-14(3)20(27)23-16-9-7-8-15(12-16)13(2)26/h5-12,14H,4H2,1-3H3,(H,23,27)/t14-/m1/s1. The van der Waals surface area contributed by atoms with Crippen molar-refractivity contribution < 1.29 is 19.1 Å². The molecule has 0 fully saturated rings. The molecular weight excluding hydrogens is 386 g/mol. The zero-order valence-corrected chi connectivity index (χ0v) is 16.8. The number of ketones is 1. The highest BCUT2D eigenvalue weighted by molar-refractivity contribution is 6.04. The van der Waals surface area contributed by atoms with Crippen molar-refractivity contribution in [2.45, 2.75) is 33.4 Å². The Labute approximate surface area is 172 Å². The fourth-order valence-electron chi connectivity index (χ4n) is 2.93. The summed E-state index contributed by atoms with van der Waals surface area (Å²) < 4.78 is 6.48. The average molecular weight is 407 g/mol. The minimum absolute atomic E-state index is 0.0368. The molecule has 0 saturated carbocycles. The second kappa shape index (κ2) is 8.69. The van der Waals surface area contributed by atoms with Crippen LogP contribution < -0.4 is 10.9 Å². The molecule has 0 spiro atoms. The van der Waals surface area contributed by atoms with Crippen molar-refractivity contribution in [3.63, 3.8) is 0 Å². The maximum absolute atomic E-state index is 12.7. The zero-order valence-electron chi connectivity index (χ0n) is 16.8. The Kier molecular flexibility index (Phi) is 6.06. The van der Waals surface area contributed by atoms with Gasteiger partial charge in [0, 0.05) is 23.2 Å². The number of esters is 1. The zero-order chi connectivity index (χ0) is 21.8. The van der Waals surface area contributed by atoms with Crippen LogP contribution in [0.15, 0.2) is 53.3 Å². The van der Waals surface area contributed by atoms with E-state index in [9.17, 15) is 19.2 Å². The fourth-order valence-corrected chi connectivity index (χ4v) is 2.93. The number of fused-ring (bicyclic) bond motifs is 1. The van der Waals surface area contributed by atoms with Gasteiger partial charge in [-0.25, -0.2) is 9.48 Å². The van der Waals surface area contributed by atoms with Gasteiger partial charge in [-0.2, -0.15) is 5.10 Å². The van der Waals surface area contributed by atoms with Gasteiger partial charge in [-0.05, 0) is 39.0 Å². The predicted octanol–water partition coefficient (Wildman–Crippen LogP) is 2.80. The van der Waals surface area contributed by atoms with E-state index in [-0.39, 0.29) is 23.6 Å². The molecule has 1 aromatic heterocycles. The normalized spacial score (nSPS) is 11.7. The molecular formula is C22H21N3O5. The third kappa shape index (κ3) is 4.27. The number of ether oxygens (including phenoxy) is 1. The van der Waals surface area contributed by atoms with Crippen molar-refractivity contribution in [2.75, 3.05) is 5.32 Å². The van der Waals surface area contributed by atoms with E-state index in [1.54, 1.807) is 55.5 Å². The SMILES string of the molecule is CCn1nc(C(=O)O[C@H](C)C(=O)Nc2cccc(C(C)=O)c2)c2ccccc2c1=O. The first kappa shape index (κ1) is 20.9. The number of Topliss-reactive ketones (excluding diaryl/α,β-unsaturated/α-hetero) is 1. The van der Waals surface area contributed by atoms with E-state index in [1.165, 1.54) is 18.5 Å². The first-order chi connectivity index (χ1) is 14.3. The van der Waals surface area contributed by atoms with Crippen LogP contribution in [0.4, 0.5) is 5.69 Å². The summed E-state index contributed by atoms with van der Waals surface area (Å²) in [5, 5.41) is 7.43. The quantitative estimate of drug-likeness (QED) is 0.497. The molecule has 0 bridgehead atoms. The molecule has 0 unspecified atom stereocenters. The molecule has 1 N–H and O–H groups in total. The molecule has 3 aromatic rings. The molecule has 8 nitrogen and oxygen atoms in total. The molecule has 0 saturated heterocycles. The van der Waals surface area contributed by atoms with Gasteiger partial charge in [0.25, 0.3) is 11.5 Å². The Morgan fingerprint density at radius 2 is 1.80 bits per heavy atom. The lowest BCUT2D eigenvalue weighted by Gasteiger charge is -2.15. The van der Waals surface area contributed by atoms with Crippen molar-refractivity contribution in [2.24, 2.45) is 0 Å². The number of benzene rings is 2. The van der Waals surface area contributed by atoms with Crippen LogP contribution in [0, 0.1) is 0 Å². The number of carbonyl (C=O) groups is 3. The first-order valence-electron chi connectivity index (χ1n) is 9.44. The van der Waals surface area contributed by atoms with Crippen molar-refractivity contribution in [1.82, 2.24) is 9.78 Å². The Balaban J connectivity index is 1.81. The highest BCUT2D eigenvalue weighted by Gasteiger charge is 2.23. The number of amides is 1. The van der Waals surface area contributed by atoms with Crippen LogP contribution in [0.3, 0.4) is 0 Å². The van der Waals surface area contributed by atoms with E-state index in [4.69, 9.17) is 4.74 Å². The Hall–Kier alpha value is -3.81. The Morgan fingerprint density at radius 3 is 2.47 bits per heavy atom. The second-order valence-electron chi connectivity index (χ2n) is 6.69. The summed E-state index contributed by atoms with van der Waals surface area (Å²) >= 11 is 0. The number of hydrogen-bond donors (Lipinski definition) is 1. The van der Waals surface area contributed by atoms with Crippen LogP contribution in [0.25, 0.3) is 10.8 Å². The van der Waals surface area contributed by atoms with Crippen LogP contribution in [-0.2, 0) is 16.1 Å². The molecule has 30 heavy (non-hydrogen) atoms. The van der Waals surface area contributed by atoms with Crippen LogP contribution in [0.1, 0.15) is 41.6 Å². The lowest BCUT2D eigenvalue weighted by Crippen LogP contribution is -2.32. The molecule has 0 radical (unpaired) electrons. The number of anilines is 1. The summed E-state index contributed by atoms with van der Waals surface area (Å²) in [4.78, 5) is 49.1. The van der Waals surface area contributed by atoms with Crippen molar-refractivity contribution >= 4 is 34.1 Å². The van der Waals surface area contributed by atoms with E-state index in [2.05, 4.69) is 10.4 Å². The van der Waals surface area contributed by atoms with Crippen LogP contribution >= 0.6 is 0 Å². The highest BCUT2D eigenvalue weighted by atomic mass is 16.5. The number of nitrogens with zero attached hydrogens (tertiary/aromatic N) is 2. The smallest absolute Gasteiger partial charge is 0.360 e. The monoisotopic (exact) mass is 407 g/mol. The average Bonchev–Trinajstić information content (AvgIpc) is 2.74. The second-order valence-corrected chi connectivity index (χ2v) is 6.69. The summed E-state index contributed by atoms with van der Waals surface area (Å²) in [6.45, 7) is 4.88. The third-order valence-corrected chi connectivity index (χ3v) is 4.55. The predicted molar refractivity (Wildman–Crippen MR) is 112 cm³/mol. The summed E-state index contributed by atoms with van der Waals surface area (Å²) in [7, 11) is 0. The highest BCUT2D eigenvalue weighted by Crippen LogP contribution is 2.16. The Morgan fingerprint density at radius 1 is 1.10 bits per heavy atom. The summed E-state index contributed by atoms with van der Waals surface area (Å²) in [5.74, 6) is -1.50. The molecule has 2 aromatic carbocycles. The van der Waals surface area contributed by atoms with Crippen molar-refractivity contribution in [3.05, 3.63) is 70.1 Å². The minimum atomic E-state index is -1.12. The summed E-state index contributed by atoms with van der Waals surface area (Å²) in [6.07, 6.45) is -1.12. The molecule has 8 heteroatoms. The molecule has 0 aliphatic heterocycles. The number of carbonyl (C=O) groups excluding carboxylic acids is 3. The van der Waals surface area contributed by atoms with E-state index >= 15 is 0 Å². The molecule has 154 valence electrons. The van der Waals surface area contributed by atoms with Gasteiger partial charge >= 0.3 is 5.97 Å². The molecule has 1 atom stereocenters. The van der Waals surface area contributed by atoms with Crippen molar-refractivity contribution in [1.29, 1.82) is 0 Å². The van der Waals surface area contributed by atoms with Crippen molar-refractivity contribution in [3.8, 4) is 0 Å². The van der Waals surface area contributed by atoms with Gasteiger partial charge in [-0.3, -0.25) is 14.4 Å². The van der Waals surface area contributed by atoms with Gasteiger partial charge in [0.1, 0.15) is 0 Å². The molecule has 0 aliphatic rings. The molecule has 3 rings (SSSR count). The van der Waals surface area contributed by atoms with Gasteiger partial charge in [0.2, 0.25) is 0 Å².